The van der Waals surface area contributed by atoms with Gasteiger partial charge in [-0.15, -0.1) is 0 Å². The number of carbonyl (C=O) groups excluding carboxylic acids is 4. The van der Waals surface area contributed by atoms with Gasteiger partial charge in [-0.05, 0) is 0 Å². The molecule has 0 saturated carbocycles. The molecular formula is C32H54N4O21. The third-order valence-corrected chi connectivity index (χ3v) is 9.81. The Hall–Kier alpha value is -2.80. The van der Waals surface area contributed by atoms with Crippen molar-refractivity contribution < 1.29 is 103 Å². The minimum Gasteiger partial charge on any atom is -0.394 e. The topological polar surface area (TPSA) is 383 Å². The van der Waals surface area contributed by atoms with E-state index in [9.17, 15) is 70.2 Å². The molecule has 14 N–H and O–H groups in total. The SMILES string of the molecule is CC(=O)N[C@@H]1[C@@H](O)[C@H](O[C@@H]2O[C@H](CO)[C@@H](O[C@@H]3O[C@H](CO)[C@@H](O[C@H]4O[C@H](CO)[C@@H](O)[C@H](O)[C@H]4NC(C)=O)[C@H](O)[C@H]3NC(C)=O)[C@H](O)[C@H]2NC(C)=O)[C@@H](CO)O[C@@H]1O. The summed E-state index contributed by atoms with van der Waals surface area (Å²) >= 11 is 0. The van der Waals surface area contributed by atoms with Gasteiger partial charge in [-0.3, -0.25) is 19.2 Å². The highest BCUT2D eigenvalue weighted by molar-refractivity contribution is 5.74. The molecule has 0 aromatic heterocycles. The van der Waals surface area contributed by atoms with E-state index in [-0.39, 0.29) is 0 Å². The number of nitrogens with one attached hydrogen (secondary N) is 4. The molecule has 4 aliphatic heterocycles. The summed E-state index contributed by atoms with van der Waals surface area (Å²) in [5, 5.41) is 116. The molecule has 4 aliphatic rings. The lowest BCUT2D eigenvalue weighted by molar-refractivity contribution is -0.362. The maximum atomic E-state index is 12.4. The van der Waals surface area contributed by atoms with Crippen LogP contribution in [-0.2, 0) is 52.3 Å². The average Bonchev–Trinajstić information content (AvgIpc) is 3.14. The number of aliphatic hydroxyl groups is 10. The largest absolute Gasteiger partial charge is 0.394 e. The average molecular weight is 831 g/mol. The molecule has 57 heavy (non-hydrogen) atoms. The van der Waals surface area contributed by atoms with Gasteiger partial charge in [0.25, 0.3) is 0 Å². The summed E-state index contributed by atoms with van der Waals surface area (Å²) in [5.41, 5.74) is 0. The Labute approximate surface area is 325 Å². The molecule has 328 valence electrons. The first kappa shape index (κ1) is 46.9. The predicted molar refractivity (Wildman–Crippen MR) is 180 cm³/mol. The summed E-state index contributed by atoms with van der Waals surface area (Å²) < 4.78 is 40.6. The van der Waals surface area contributed by atoms with Gasteiger partial charge in [0.15, 0.2) is 25.2 Å². The zero-order valence-electron chi connectivity index (χ0n) is 31.3. The highest BCUT2D eigenvalue weighted by atomic mass is 16.8. The van der Waals surface area contributed by atoms with Crippen LogP contribution in [0.15, 0.2) is 0 Å². The molecule has 25 heteroatoms. The molecule has 4 amide bonds. The third-order valence-electron chi connectivity index (χ3n) is 9.81. The minimum absolute atomic E-state index is 0.664. The van der Waals surface area contributed by atoms with Crippen LogP contribution in [0, 0.1) is 0 Å². The van der Waals surface area contributed by atoms with E-state index in [0.717, 1.165) is 27.7 Å². The van der Waals surface area contributed by atoms with Crippen molar-refractivity contribution in [2.45, 2.75) is 150 Å². The van der Waals surface area contributed by atoms with Gasteiger partial charge >= 0.3 is 0 Å². The van der Waals surface area contributed by atoms with E-state index in [2.05, 4.69) is 21.3 Å². The summed E-state index contributed by atoms with van der Waals surface area (Å²) in [7, 11) is 0. The number of hydrogen-bond acceptors (Lipinski definition) is 21. The molecular weight excluding hydrogens is 776 g/mol. The maximum Gasteiger partial charge on any atom is 0.217 e. The number of carbonyl (C=O) groups is 4. The minimum atomic E-state index is -1.89. The van der Waals surface area contributed by atoms with Crippen LogP contribution in [0.2, 0.25) is 0 Å². The van der Waals surface area contributed by atoms with E-state index in [4.69, 9.17) is 33.2 Å². The fourth-order valence-electron chi connectivity index (χ4n) is 7.17. The number of ether oxygens (including phenoxy) is 7. The standard InChI is InChI=1S/C32H54N4O21/c1-9(41)33-17-23(47)26(14(6-38)51-29(17)50)55-31-19(35-11(3)43)25(49)28(16(8-40)53-31)57-32-20(36-12(4)44)24(48)27(15(7-39)54-32)56-30-18(34-10(2)42)22(46)21(45)13(5-37)52-30/h13-32,37-40,45-50H,5-8H2,1-4H3,(H,33,41)(H,34,42)(H,35,43)(H,36,44)/t13-,14-,15-,16-,17-,18-,19-,20-,21-,22-,23-,24-,25-,26-,27-,28-,29+,30-,31+,32+/m1/s1. The van der Waals surface area contributed by atoms with Crippen LogP contribution in [0.4, 0.5) is 0 Å². The van der Waals surface area contributed by atoms with Crippen LogP contribution in [-0.4, -0.2) is 224 Å². The van der Waals surface area contributed by atoms with Crippen molar-refractivity contribution >= 4 is 23.6 Å². The Balaban J connectivity index is 1.61. The fraction of sp³-hybridized carbons (Fsp3) is 0.875. The lowest BCUT2D eigenvalue weighted by Crippen LogP contribution is -2.71. The quantitative estimate of drug-likeness (QED) is 0.0773. The normalized spacial score (nSPS) is 43.8. The fourth-order valence-corrected chi connectivity index (χ4v) is 7.17. The second-order valence-electron chi connectivity index (χ2n) is 14.1. The van der Waals surface area contributed by atoms with Crippen LogP contribution >= 0.6 is 0 Å². The van der Waals surface area contributed by atoms with Crippen LogP contribution in [0.5, 0.6) is 0 Å². The van der Waals surface area contributed by atoms with Gasteiger partial charge in [0, 0.05) is 27.7 Å². The predicted octanol–water partition coefficient (Wildman–Crippen LogP) is -9.17. The van der Waals surface area contributed by atoms with Crippen molar-refractivity contribution in [3.63, 3.8) is 0 Å². The van der Waals surface area contributed by atoms with Gasteiger partial charge in [-0.2, -0.15) is 0 Å². The van der Waals surface area contributed by atoms with E-state index in [1.54, 1.807) is 0 Å². The Morgan fingerprint density at radius 3 is 1.04 bits per heavy atom. The molecule has 0 spiro atoms. The first-order valence-corrected chi connectivity index (χ1v) is 18.1. The van der Waals surface area contributed by atoms with Crippen molar-refractivity contribution in [3.8, 4) is 0 Å². The zero-order valence-corrected chi connectivity index (χ0v) is 31.3. The highest BCUT2D eigenvalue weighted by Crippen LogP contribution is 2.34. The van der Waals surface area contributed by atoms with Gasteiger partial charge in [0.2, 0.25) is 23.6 Å². The molecule has 0 aliphatic carbocycles. The van der Waals surface area contributed by atoms with Crippen molar-refractivity contribution in [3.05, 3.63) is 0 Å². The molecule has 0 aromatic carbocycles. The molecule has 0 aromatic rings. The molecule has 0 unspecified atom stereocenters. The Bertz CT molecular complexity index is 1370. The summed E-state index contributed by atoms with van der Waals surface area (Å²) in [5.74, 6) is -2.84. The van der Waals surface area contributed by atoms with Gasteiger partial charge in [0.1, 0.15) is 97.4 Å². The first-order chi connectivity index (χ1) is 26.9. The monoisotopic (exact) mass is 830 g/mol. The van der Waals surface area contributed by atoms with Crippen LogP contribution in [0.1, 0.15) is 27.7 Å². The van der Waals surface area contributed by atoms with Gasteiger partial charge < -0.3 is 105 Å². The molecule has 4 fully saturated rings. The lowest BCUT2D eigenvalue weighted by Gasteiger charge is -2.51. The molecule has 4 saturated heterocycles. The Morgan fingerprint density at radius 1 is 0.421 bits per heavy atom. The number of rotatable bonds is 14. The van der Waals surface area contributed by atoms with Crippen molar-refractivity contribution in [1.29, 1.82) is 0 Å². The second-order valence-corrected chi connectivity index (χ2v) is 14.1. The molecule has 0 bridgehead atoms. The second kappa shape index (κ2) is 20.4. The van der Waals surface area contributed by atoms with Crippen LogP contribution < -0.4 is 21.3 Å². The Kier molecular flexibility index (Phi) is 16.8. The summed E-state index contributed by atoms with van der Waals surface area (Å²) in [6.45, 7) is 0.884. The molecule has 20 atom stereocenters. The van der Waals surface area contributed by atoms with Gasteiger partial charge in [-0.1, -0.05) is 0 Å². The maximum absolute atomic E-state index is 12.4. The lowest BCUT2D eigenvalue weighted by atomic mass is 9.93. The van der Waals surface area contributed by atoms with Gasteiger partial charge in [0.05, 0.1) is 26.4 Å². The number of aliphatic hydroxyl groups excluding tert-OH is 10. The van der Waals surface area contributed by atoms with E-state index >= 15 is 0 Å². The van der Waals surface area contributed by atoms with Crippen molar-refractivity contribution in [2.75, 3.05) is 26.4 Å². The number of hydrogen-bond donors (Lipinski definition) is 14. The van der Waals surface area contributed by atoms with Crippen LogP contribution in [0.3, 0.4) is 0 Å². The molecule has 0 radical (unpaired) electrons. The molecule has 4 heterocycles. The number of amides is 4. The summed E-state index contributed by atoms with van der Waals surface area (Å²) in [6.07, 6.45) is -26.9. The zero-order chi connectivity index (χ0) is 42.5. The van der Waals surface area contributed by atoms with E-state index < -0.39 is 173 Å². The van der Waals surface area contributed by atoms with E-state index in [1.807, 2.05) is 0 Å². The van der Waals surface area contributed by atoms with Gasteiger partial charge in [-0.25, -0.2) is 0 Å². The third kappa shape index (κ3) is 10.9. The van der Waals surface area contributed by atoms with Crippen molar-refractivity contribution in [2.24, 2.45) is 0 Å². The molecule has 25 nitrogen and oxygen atoms in total. The smallest absolute Gasteiger partial charge is 0.217 e. The van der Waals surface area contributed by atoms with Crippen LogP contribution in [0.25, 0.3) is 0 Å². The first-order valence-electron chi connectivity index (χ1n) is 18.1. The highest BCUT2D eigenvalue weighted by Gasteiger charge is 2.56. The van der Waals surface area contributed by atoms with E-state index in [0.29, 0.717) is 0 Å². The molecule has 4 rings (SSSR count). The van der Waals surface area contributed by atoms with Crippen molar-refractivity contribution in [1.82, 2.24) is 21.3 Å². The van der Waals surface area contributed by atoms with E-state index in [1.165, 1.54) is 0 Å². The Morgan fingerprint density at radius 2 is 0.702 bits per heavy atom. The summed E-state index contributed by atoms with van der Waals surface area (Å²) in [6, 6.07) is -6.15. The summed E-state index contributed by atoms with van der Waals surface area (Å²) in [4.78, 5) is 48.5.